The molecule has 250 valence electrons. The van der Waals surface area contributed by atoms with Crippen LogP contribution in [0.25, 0.3) is 0 Å². The molecule has 0 aliphatic carbocycles. The number of hydrogen-bond donors (Lipinski definition) is 7. The molecule has 15 heteroatoms. The van der Waals surface area contributed by atoms with Gasteiger partial charge in [0.15, 0.2) is 0 Å². The number of hydrogen-bond acceptors (Lipinski definition) is 9. The summed E-state index contributed by atoms with van der Waals surface area (Å²) in [5.74, 6) is -3.82. The van der Waals surface area contributed by atoms with E-state index in [4.69, 9.17) is 5.73 Å². The Bertz CT molecular complexity index is 1440. The summed E-state index contributed by atoms with van der Waals surface area (Å²) in [6, 6.07) is 7.70. The summed E-state index contributed by atoms with van der Waals surface area (Å²) in [4.78, 5) is 66.4. The van der Waals surface area contributed by atoms with Crippen LogP contribution >= 0.6 is 44.2 Å². The summed E-state index contributed by atoms with van der Waals surface area (Å²) >= 11 is 2.15. The van der Waals surface area contributed by atoms with E-state index in [1.54, 1.807) is 39.8 Å². The van der Waals surface area contributed by atoms with Crippen LogP contribution in [0.4, 0.5) is 0 Å². The Morgan fingerprint density at radius 2 is 1.46 bits per heavy atom. The van der Waals surface area contributed by atoms with Crippen LogP contribution in [0.15, 0.2) is 48.5 Å². The third-order valence-corrected chi connectivity index (χ3v) is 12.4. The number of carbonyl (C=O) groups is 5. The predicted molar refractivity (Wildman–Crippen MR) is 187 cm³/mol. The lowest BCUT2D eigenvalue weighted by atomic mass is 9.99. The zero-order valence-electron chi connectivity index (χ0n) is 26.1. The lowest BCUT2D eigenvalue weighted by Gasteiger charge is -2.38. The first-order chi connectivity index (χ1) is 21.4. The molecule has 8 N–H and O–H groups in total. The molecule has 4 amide bonds. The number of nitrogens with two attached hydrogens (primary N) is 1. The molecule has 1 heterocycles. The van der Waals surface area contributed by atoms with Crippen molar-refractivity contribution in [1.82, 2.24) is 21.3 Å². The van der Waals surface area contributed by atoms with Crippen LogP contribution in [-0.2, 0) is 36.8 Å². The highest BCUT2D eigenvalue weighted by molar-refractivity contribution is 14.1. The highest BCUT2D eigenvalue weighted by atomic mass is 127. The van der Waals surface area contributed by atoms with E-state index in [0.29, 0.717) is 5.56 Å². The van der Waals surface area contributed by atoms with E-state index >= 15 is 0 Å². The first-order valence-corrected chi connectivity index (χ1v) is 17.7. The number of phenols is 1. The summed E-state index contributed by atoms with van der Waals surface area (Å²) in [7, 11) is 2.32. The minimum Gasteiger partial charge on any atom is -0.508 e. The van der Waals surface area contributed by atoms with Gasteiger partial charge in [0.05, 0.1) is 10.8 Å². The molecule has 12 nitrogen and oxygen atoms in total. The second-order valence-electron chi connectivity index (χ2n) is 12.2. The number of carbonyl (C=O) groups excluding carboxylic acids is 4. The lowest BCUT2D eigenvalue weighted by molar-refractivity contribution is -0.143. The van der Waals surface area contributed by atoms with E-state index in [-0.39, 0.29) is 18.6 Å². The fraction of sp³-hybridized carbons (Fsp3) is 0.452. The van der Waals surface area contributed by atoms with Gasteiger partial charge >= 0.3 is 5.97 Å². The van der Waals surface area contributed by atoms with Gasteiger partial charge < -0.3 is 37.2 Å². The van der Waals surface area contributed by atoms with Crippen LogP contribution in [-0.4, -0.2) is 79.5 Å². The lowest BCUT2D eigenvalue weighted by Crippen LogP contribution is -2.63. The van der Waals surface area contributed by atoms with Crippen molar-refractivity contribution in [3.8, 4) is 5.75 Å². The minimum absolute atomic E-state index is 0.0707. The molecular formula is C31H40IN5O7S2. The standard InChI is InChI=1S/C31H40IN5O7S2/c1-16-25(39)35-22(15-18-6-10-19(32)11-7-18)27(41)37-24(29(43)44)31(4,5)46-45-30(2,3)23(28(42)34-16)36-26(40)21(33)14-17-8-12-20(38)13-9-17/h6-13,16,21-24,38H,14-15,33H2,1-5H3,(H,34,42)(H,35,39)(H,36,40)(H,37,41)(H,43,44). The summed E-state index contributed by atoms with van der Waals surface area (Å²) in [6.07, 6.45) is 0.213. The molecule has 46 heavy (non-hydrogen) atoms. The topological polar surface area (TPSA) is 200 Å². The van der Waals surface area contributed by atoms with Crippen LogP contribution in [0.5, 0.6) is 5.75 Å². The second-order valence-corrected chi connectivity index (χ2v) is 16.9. The van der Waals surface area contributed by atoms with Crippen molar-refractivity contribution < 1.29 is 34.2 Å². The van der Waals surface area contributed by atoms with Gasteiger partial charge in [0, 0.05) is 14.7 Å². The third-order valence-electron chi connectivity index (χ3n) is 7.41. The van der Waals surface area contributed by atoms with E-state index in [1.807, 2.05) is 24.3 Å². The fourth-order valence-corrected chi connectivity index (χ4v) is 7.77. The van der Waals surface area contributed by atoms with Gasteiger partial charge in [-0.1, -0.05) is 45.9 Å². The molecule has 2 aromatic rings. The van der Waals surface area contributed by atoms with Gasteiger partial charge in [0.25, 0.3) is 0 Å². The average molecular weight is 786 g/mol. The van der Waals surface area contributed by atoms with E-state index in [0.717, 1.165) is 19.9 Å². The summed E-state index contributed by atoms with van der Waals surface area (Å²) in [5.41, 5.74) is 7.64. The summed E-state index contributed by atoms with van der Waals surface area (Å²) in [6.45, 7) is 8.17. The van der Waals surface area contributed by atoms with Crippen molar-refractivity contribution in [3.63, 3.8) is 0 Å². The van der Waals surface area contributed by atoms with Gasteiger partial charge in [0.1, 0.15) is 29.9 Å². The normalized spacial score (nSPS) is 24.4. The Kier molecular flexibility index (Phi) is 12.8. The Labute approximate surface area is 289 Å². The molecular weight excluding hydrogens is 745 g/mol. The molecule has 5 atom stereocenters. The molecule has 0 bridgehead atoms. The molecule has 0 saturated carbocycles. The maximum atomic E-state index is 13.7. The predicted octanol–water partition coefficient (Wildman–Crippen LogP) is 2.11. The number of carboxylic acid groups (broad SMARTS) is 1. The fourth-order valence-electron chi connectivity index (χ4n) is 4.59. The Hall–Kier alpha value is -3.02. The van der Waals surface area contributed by atoms with Crippen LogP contribution in [0.1, 0.15) is 45.7 Å². The molecule has 3 rings (SSSR count). The van der Waals surface area contributed by atoms with Gasteiger partial charge in [0.2, 0.25) is 23.6 Å². The number of benzene rings is 2. The number of amides is 4. The maximum absolute atomic E-state index is 13.7. The summed E-state index contributed by atoms with van der Waals surface area (Å²) in [5, 5.41) is 30.4. The Balaban J connectivity index is 1.93. The first-order valence-electron chi connectivity index (χ1n) is 14.5. The van der Waals surface area contributed by atoms with E-state index < -0.39 is 69.3 Å². The molecule has 2 aromatic carbocycles. The number of halogens is 1. The summed E-state index contributed by atoms with van der Waals surface area (Å²) < 4.78 is -1.19. The average Bonchev–Trinajstić information content (AvgIpc) is 2.98. The molecule has 1 saturated heterocycles. The Morgan fingerprint density at radius 1 is 0.891 bits per heavy atom. The number of carboxylic acids is 1. The van der Waals surface area contributed by atoms with Crippen LogP contribution in [0.2, 0.25) is 0 Å². The second kappa shape index (κ2) is 15.7. The number of rotatable bonds is 7. The molecule has 5 unspecified atom stereocenters. The van der Waals surface area contributed by atoms with E-state index in [9.17, 15) is 34.2 Å². The number of phenolic OH excluding ortho intramolecular Hbond substituents is 1. The maximum Gasteiger partial charge on any atom is 0.327 e. The molecule has 0 spiro atoms. The van der Waals surface area contributed by atoms with Crippen molar-refractivity contribution in [2.45, 2.75) is 87.2 Å². The molecule has 1 aliphatic heterocycles. The minimum atomic E-state index is -1.37. The van der Waals surface area contributed by atoms with Crippen molar-refractivity contribution >= 4 is 73.8 Å². The number of aliphatic carboxylic acids is 1. The largest absolute Gasteiger partial charge is 0.508 e. The number of aromatic hydroxyl groups is 1. The molecule has 1 fully saturated rings. The van der Waals surface area contributed by atoms with Gasteiger partial charge in [-0.05, 0) is 99.0 Å². The highest BCUT2D eigenvalue weighted by Gasteiger charge is 2.45. The third kappa shape index (κ3) is 10.2. The first kappa shape index (κ1) is 37.4. The van der Waals surface area contributed by atoms with Crippen molar-refractivity contribution in [2.75, 3.05) is 0 Å². The monoisotopic (exact) mass is 785 g/mol. The SMILES string of the molecule is CC1NC(=O)C(NC(=O)C(N)Cc2ccc(O)cc2)C(C)(C)SSC(C)(C)C(C(=O)O)NC(=O)C(Cc2ccc(I)cc2)NC1=O. The van der Waals surface area contributed by atoms with Gasteiger partial charge in [-0.2, -0.15) is 0 Å². The highest BCUT2D eigenvalue weighted by Crippen LogP contribution is 2.46. The van der Waals surface area contributed by atoms with Crippen LogP contribution in [0.3, 0.4) is 0 Å². The van der Waals surface area contributed by atoms with Crippen molar-refractivity contribution in [1.29, 1.82) is 0 Å². The van der Waals surface area contributed by atoms with Gasteiger partial charge in [-0.15, -0.1) is 0 Å². The molecule has 0 radical (unpaired) electrons. The zero-order chi connectivity index (χ0) is 34.4. The number of nitrogens with one attached hydrogen (secondary N) is 4. The van der Waals surface area contributed by atoms with Crippen LogP contribution in [0, 0.1) is 3.57 Å². The smallest absolute Gasteiger partial charge is 0.327 e. The van der Waals surface area contributed by atoms with Crippen LogP contribution < -0.4 is 27.0 Å². The zero-order valence-corrected chi connectivity index (χ0v) is 29.9. The van der Waals surface area contributed by atoms with Crippen molar-refractivity contribution in [2.24, 2.45) is 5.73 Å². The molecule has 1 aliphatic rings. The van der Waals surface area contributed by atoms with Gasteiger partial charge in [-0.25, -0.2) is 4.79 Å². The van der Waals surface area contributed by atoms with Gasteiger partial charge in [-0.3, -0.25) is 19.2 Å². The van der Waals surface area contributed by atoms with E-state index in [2.05, 4.69) is 43.9 Å². The molecule has 0 aromatic heterocycles. The Morgan fingerprint density at radius 3 is 2.04 bits per heavy atom. The van der Waals surface area contributed by atoms with E-state index in [1.165, 1.54) is 29.9 Å². The van der Waals surface area contributed by atoms with Crippen molar-refractivity contribution in [3.05, 3.63) is 63.2 Å². The quantitative estimate of drug-likeness (QED) is 0.161.